The molecule has 94 valence electrons. The summed E-state index contributed by atoms with van der Waals surface area (Å²) in [6.07, 6.45) is 0. The average Bonchev–Trinajstić information content (AvgIpc) is 2.15. The van der Waals surface area contributed by atoms with Gasteiger partial charge in [-0.2, -0.15) is 0 Å². The van der Waals surface area contributed by atoms with Crippen molar-refractivity contribution in [3.8, 4) is 0 Å². The molecule has 0 aromatic heterocycles. The molecule has 0 unspecified atom stereocenters. The molecule has 0 aromatic carbocycles. The summed E-state index contributed by atoms with van der Waals surface area (Å²) in [4.78, 5) is 20.0. The van der Waals surface area contributed by atoms with Gasteiger partial charge in [0.25, 0.3) is 0 Å². The molecular formula is C6H2Br6O4Zn. The Morgan fingerprint density at radius 3 is 0.824 bits per heavy atom. The number of rotatable bonds is 2. The number of hydrogen-bond donors (Lipinski definition) is 2. The van der Waals surface area contributed by atoms with E-state index in [0.29, 0.717) is 6.78 Å². The number of hydrogen-bond acceptors (Lipinski definition) is 2. The van der Waals surface area contributed by atoms with Gasteiger partial charge in [0.1, 0.15) is 8.96 Å². The Labute approximate surface area is 160 Å². The van der Waals surface area contributed by atoms with Gasteiger partial charge in [0.15, 0.2) is 0 Å². The van der Waals surface area contributed by atoms with Crippen LogP contribution in [0.2, 0.25) is 0 Å². The first-order valence-electron chi connectivity index (χ1n) is 2.99. The zero-order chi connectivity index (χ0) is 13.5. The number of halogens is 6. The SMILES string of the molecule is O=C(O)C(Br)=C(Br)Br.O=C(O)C(Br)=C(Br)Br.[Zn]. The molecule has 0 fully saturated rings. The zero-order valence-corrected chi connectivity index (χ0v) is 20.2. The van der Waals surface area contributed by atoms with Crippen molar-refractivity contribution in [2.45, 2.75) is 0 Å². The monoisotopic (exact) mass is 675 g/mol. The van der Waals surface area contributed by atoms with E-state index >= 15 is 0 Å². The third-order valence-corrected chi connectivity index (χ3v) is 5.89. The molecule has 0 aliphatic heterocycles. The van der Waals surface area contributed by atoms with E-state index in [2.05, 4.69) is 95.6 Å². The molecule has 17 heavy (non-hydrogen) atoms. The number of carbonyl (C=O) groups is 2. The largest absolute Gasteiger partial charge is 0.477 e. The smallest absolute Gasteiger partial charge is 0.344 e. The van der Waals surface area contributed by atoms with Gasteiger partial charge in [0.2, 0.25) is 0 Å². The molecular weight excluding hydrogens is 681 g/mol. The second-order valence-corrected chi connectivity index (χ2v) is 8.65. The number of aliphatic carboxylic acids is 2. The van der Waals surface area contributed by atoms with Gasteiger partial charge in [-0.15, -0.1) is 0 Å². The summed E-state index contributed by atoms with van der Waals surface area (Å²) in [5, 5.41) is 16.4. The van der Waals surface area contributed by atoms with Gasteiger partial charge in [-0.1, -0.05) is 0 Å². The van der Waals surface area contributed by atoms with E-state index in [1.165, 1.54) is 0 Å². The number of carboxylic acid groups (broad SMARTS) is 2. The maximum Gasteiger partial charge on any atom is 0.344 e. The molecule has 0 spiro atoms. The summed E-state index contributed by atoms with van der Waals surface area (Å²) in [5.74, 6) is -2.01. The minimum absolute atomic E-state index is 0. The summed E-state index contributed by atoms with van der Waals surface area (Å²) in [6, 6.07) is 0. The Kier molecular flexibility index (Phi) is 18.2. The summed E-state index contributed by atoms with van der Waals surface area (Å²) in [6.45, 7) is 0. The number of carboxylic acids is 2. The van der Waals surface area contributed by atoms with Crippen molar-refractivity contribution in [1.29, 1.82) is 0 Å². The predicted octanol–water partition coefficient (Wildman–Crippen LogP) is 4.85. The fourth-order valence-corrected chi connectivity index (χ4v) is 0.840. The van der Waals surface area contributed by atoms with Crippen molar-refractivity contribution in [1.82, 2.24) is 0 Å². The Morgan fingerprint density at radius 2 is 0.824 bits per heavy atom. The molecule has 0 aliphatic carbocycles. The van der Waals surface area contributed by atoms with Crippen LogP contribution in [-0.4, -0.2) is 22.2 Å². The molecule has 0 rings (SSSR count). The third-order valence-electron chi connectivity index (χ3n) is 0.707. The Hall–Kier alpha value is 1.92. The first-order chi connectivity index (χ1) is 7.11. The van der Waals surface area contributed by atoms with Crippen molar-refractivity contribution < 1.29 is 39.3 Å². The van der Waals surface area contributed by atoms with Crippen LogP contribution >= 0.6 is 95.6 Å². The summed E-state index contributed by atoms with van der Waals surface area (Å²) in [5.41, 5.74) is 0. The van der Waals surface area contributed by atoms with Gasteiger partial charge in [-0.05, 0) is 95.6 Å². The predicted molar refractivity (Wildman–Crippen MR) is 82.9 cm³/mol. The van der Waals surface area contributed by atoms with E-state index in [-0.39, 0.29) is 28.4 Å². The molecule has 0 aromatic rings. The van der Waals surface area contributed by atoms with Crippen molar-refractivity contribution >= 4 is 108 Å². The van der Waals surface area contributed by atoms with Gasteiger partial charge in [0, 0.05) is 19.5 Å². The van der Waals surface area contributed by atoms with Crippen LogP contribution in [0.25, 0.3) is 0 Å². The Balaban J connectivity index is -0.000000218. The molecule has 0 heterocycles. The van der Waals surface area contributed by atoms with Gasteiger partial charge >= 0.3 is 11.9 Å². The van der Waals surface area contributed by atoms with Crippen LogP contribution in [0.5, 0.6) is 0 Å². The molecule has 0 bridgehead atoms. The zero-order valence-electron chi connectivity index (χ0n) is 7.69. The maximum absolute atomic E-state index is 9.98. The Morgan fingerprint density at radius 1 is 0.647 bits per heavy atom. The van der Waals surface area contributed by atoms with Crippen molar-refractivity contribution in [2.75, 3.05) is 0 Å². The Bertz CT molecular complexity index is 310. The van der Waals surface area contributed by atoms with Crippen molar-refractivity contribution in [3.05, 3.63) is 15.7 Å². The van der Waals surface area contributed by atoms with Gasteiger partial charge in [-0.3, -0.25) is 0 Å². The van der Waals surface area contributed by atoms with Crippen LogP contribution < -0.4 is 0 Å². The van der Waals surface area contributed by atoms with Crippen LogP contribution in [0, 0.1) is 0 Å². The molecule has 11 heteroatoms. The first kappa shape index (κ1) is 24.0. The van der Waals surface area contributed by atoms with E-state index in [1.807, 2.05) is 0 Å². The van der Waals surface area contributed by atoms with Crippen LogP contribution in [-0.2, 0) is 29.1 Å². The second kappa shape index (κ2) is 12.9. The summed E-state index contributed by atoms with van der Waals surface area (Å²) >= 11 is 17.2. The van der Waals surface area contributed by atoms with Crippen molar-refractivity contribution in [2.24, 2.45) is 0 Å². The van der Waals surface area contributed by atoms with Gasteiger partial charge in [0.05, 0.1) is 6.78 Å². The molecule has 4 nitrogen and oxygen atoms in total. The maximum atomic E-state index is 9.98. The molecule has 0 atom stereocenters. The standard InChI is InChI=1S/2C3HBr3O2.Zn/c2*4-1(2(5)6)3(7)8;/h2*(H,7,8);. The molecule has 0 aliphatic rings. The minimum Gasteiger partial charge on any atom is -0.477 e. The van der Waals surface area contributed by atoms with E-state index in [4.69, 9.17) is 10.2 Å². The fraction of sp³-hybridized carbons (Fsp3) is 0. The van der Waals surface area contributed by atoms with Crippen molar-refractivity contribution in [3.63, 3.8) is 0 Å². The van der Waals surface area contributed by atoms with Crippen LogP contribution in [0.4, 0.5) is 0 Å². The molecule has 0 saturated heterocycles. The summed E-state index contributed by atoms with van der Waals surface area (Å²) in [7, 11) is 0. The van der Waals surface area contributed by atoms with E-state index in [9.17, 15) is 9.59 Å². The summed E-state index contributed by atoms with van der Waals surface area (Å²) < 4.78 is 0.963. The molecule has 0 amide bonds. The normalized spacial score (nSPS) is 7.88. The quantitative estimate of drug-likeness (QED) is 0.323. The van der Waals surface area contributed by atoms with Crippen LogP contribution in [0.3, 0.4) is 0 Å². The molecule has 0 saturated carbocycles. The first-order valence-corrected chi connectivity index (χ1v) is 7.75. The third kappa shape index (κ3) is 14.1. The fourth-order valence-electron chi connectivity index (χ4n) is 0.162. The van der Waals surface area contributed by atoms with E-state index in [1.54, 1.807) is 0 Å². The van der Waals surface area contributed by atoms with E-state index in [0.717, 1.165) is 0 Å². The molecule has 2 N–H and O–H groups in total. The second-order valence-electron chi connectivity index (χ2n) is 1.76. The van der Waals surface area contributed by atoms with Gasteiger partial charge < -0.3 is 10.2 Å². The molecule has 0 radical (unpaired) electrons. The topological polar surface area (TPSA) is 74.6 Å². The van der Waals surface area contributed by atoms with E-state index < -0.39 is 11.9 Å². The minimum atomic E-state index is -1.01. The van der Waals surface area contributed by atoms with Crippen LogP contribution in [0.1, 0.15) is 0 Å². The van der Waals surface area contributed by atoms with Gasteiger partial charge in [-0.25, -0.2) is 9.59 Å². The average molecular weight is 683 g/mol. The van der Waals surface area contributed by atoms with Crippen LogP contribution in [0.15, 0.2) is 15.7 Å².